The molecule has 1 rings (SSSR count). The molecule has 0 aromatic carbocycles. The van der Waals surface area contributed by atoms with Gasteiger partial charge in [0.1, 0.15) is 6.04 Å². The van der Waals surface area contributed by atoms with Gasteiger partial charge in [0.05, 0.1) is 5.75 Å². The number of carbonyl (C=O) groups is 1. The molecule has 0 aromatic rings. The van der Waals surface area contributed by atoms with E-state index in [4.69, 9.17) is 0 Å². The molecule has 0 amide bonds. The van der Waals surface area contributed by atoms with Crippen molar-refractivity contribution in [2.24, 2.45) is 5.92 Å². The van der Waals surface area contributed by atoms with Gasteiger partial charge in [-0.15, -0.1) is 0 Å². The predicted molar refractivity (Wildman–Crippen MR) is 69.8 cm³/mol. The third-order valence-electron chi connectivity index (χ3n) is 3.14. The number of carboxylic acid groups (broad SMARTS) is 1. The predicted octanol–water partition coefficient (Wildman–Crippen LogP) is 1.69. The first-order chi connectivity index (χ1) is 8.34. The first kappa shape index (κ1) is 15.4. The molecule has 18 heavy (non-hydrogen) atoms. The van der Waals surface area contributed by atoms with Crippen molar-refractivity contribution < 1.29 is 18.3 Å². The zero-order chi connectivity index (χ0) is 13.8. The Hall–Kier alpha value is -0.620. The minimum absolute atomic E-state index is 0.00915. The van der Waals surface area contributed by atoms with Crippen LogP contribution in [-0.4, -0.2) is 42.1 Å². The molecule has 0 saturated carbocycles. The van der Waals surface area contributed by atoms with E-state index in [1.807, 2.05) is 13.8 Å². The molecule has 0 aromatic heterocycles. The lowest BCUT2D eigenvalue weighted by Gasteiger charge is -2.30. The van der Waals surface area contributed by atoms with Crippen molar-refractivity contribution in [3.63, 3.8) is 0 Å². The highest BCUT2D eigenvalue weighted by Gasteiger charge is 2.34. The molecular formula is C12H23NO4S. The van der Waals surface area contributed by atoms with Crippen molar-refractivity contribution in [3.05, 3.63) is 0 Å². The lowest BCUT2D eigenvalue weighted by atomic mass is 10.0. The Bertz CT molecular complexity index is 378. The molecule has 106 valence electrons. The van der Waals surface area contributed by atoms with Crippen LogP contribution < -0.4 is 0 Å². The van der Waals surface area contributed by atoms with E-state index in [0.29, 0.717) is 13.0 Å². The van der Waals surface area contributed by atoms with E-state index in [-0.39, 0.29) is 11.7 Å². The Morgan fingerprint density at radius 3 is 2.44 bits per heavy atom. The molecule has 1 N–H and O–H groups in total. The molecule has 1 saturated heterocycles. The van der Waals surface area contributed by atoms with Crippen LogP contribution in [0.5, 0.6) is 0 Å². The van der Waals surface area contributed by atoms with Crippen molar-refractivity contribution in [3.8, 4) is 0 Å². The summed E-state index contributed by atoms with van der Waals surface area (Å²) >= 11 is 0. The fourth-order valence-corrected chi connectivity index (χ4v) is 4.38. The lowest BCUT2D eigenvalue weighted by Crippen LogP contribution is -2.47. The van der Waals surface area contributed by atoms with Crippen molar-refractivity contribution in [2.75, 3.05) is 12.3 Å². The van der Waals surface area contributed by atoms with E-state index in [9.17, 15) is 18.3 Å². The standard InChI is InChI=1S/C12H23NO4S/c1-10(2)9-18(16,17)13-8-6-4-3-5-7-11(13)12(14)15/h10-11H,3-9H2,1-2H3,(H,14,15). The molecule has 1 aliphatic rings. The van der Waals surface area contributed by atoms with E-state index < -0.39 is 22.0 Å². The molecule has 1 fully saturated rings. The fourth-order valence-electron chi connectivity index (χ4n) is 2.36. The maximum Gasteiger partial charge on any atom is 0.322 e. The highest BCUT2D eigenvalue weighted by molar-refractivity contribution is 7.89. The van der Waals surface area contributed by atoms with Gasteiger partial charge in [-0.05, 0) is 18.8 Å². The second kappa shape index (κ2) is 6.52. The minimum Gasteiger partial charge on any atom is -0.480 e. The van der Waals surface area contributed by atoms with Crippen molar-refractivity contribution >= 4 is 16.0 Å². The van der Waals surface area contributed by atoms with Gasteiger partial charge >= 0.3 is 5.97 Å². The summed E-state index contributed by atoms with van der Waals surface area (Å²) in [5, 5.41) is 9.22. The van der Waals surface area contributed by atoms with Crippen LogP contribution in [0.15, 0.2) is 0 Å². The summed E-state index contributed by atoms with van der Waals surface area (Å²) in [5.74, 6) is -0.990. The van der Waals surface area contributed by atoms with Crippen LogP contribution in [0.4, 0.5) is 0 Å². The largest absolute Gasteiger partial charge is 0.480 e. The van der Waals surface area contributed by atoms with E-state index in [2.05, 4.69) is 0 Å². The van der Waals surface area contributed by atoms with Gasteiger partial charge in [0.25, 0.3) is 0 Å². The smallest absolute Gasteiger partial charge is 0.322 e. The quantitative estimate of drug-likeness (QED) is 0.848. The molecule has 0 radical (unpaired) electrons. The maximum atomic E-state index is 12.2. The number of sulfonamides is 1. The monoisotopic (exact) mass is 277 g/mol. The molecule has 0 bridgehead atoms. The summed E-state index contributed by atoms with van der Waals surface area (Å²) in [7, 11) is -3.46. The molecule has 1 unspecified atom stereocenters. The number of aliphatic carboxylic acids is 1. The zero-order valence-electron chi connectivity index (χ0n) is 11.1. The van der Waals surface area contributed by atoms with Gasteiger partial charge in [-0.25, -0.2) is 8.42 Å². The van der Waals surface area contributed by atoms with Crippen LogP contribution in [0.1, 0.15) is 46.0 Å². The number of hydrogen-bond acceptors (Lipinski definition) is 3. The van der Waals surface area contributed by atoms with Crippen LogP contribution in [-0.2, 0) is 14.8 Å². The summed E-state index contributed by atoms with van der Waals surface area (Å²) in [6.07, 6.45) is 3.92. The lowest BCUT2D eigenvalue weighted by molar-refractivity contribution is -0.141. The van der Waals surface area contributed by atoms with Gasteiger partial charge in [-0.1, -0.05) is 33.1 Å². The maximum absolute atomic E-state index is 12.2. The highest BCUT2D eigenvalue weighted by atomic mass is 32.2. The number of nitrogens with zero attached hydrogens (tertiary/aromatic N) is 1. The number of hydrogen-bond donors (Lipinski definition) is 1. The van der Waals surface area contributed by atoms with Crippen LogP contribution in [0.25, 0.3) is 0 Å². The molecule has 1 aliphatic heterocycles. The van der Waals surface area contributed by atoms with Crippen LogP contribution in [0.2, 0.25) is 0 Å². The molecule has 6 heteroatoms. The Balaban J connectivity index is 2.93. The molecule has 0 spiro atoms. The zero-order valence-corrected chi connectivity index (χ0v) is 11.9. The summed E-state index contributed by atoms with van der Waals surface area (Å²) in [6.45, 7) is 4.00. The average molecular weight is 277 g/mol. The highest BCUT2D eigenvalue weighted by Crippen LogP contribution is 2.21. The SMILES string of the molecule is CC(C)CS(=O)(=O)N1CCCCCCC1C(=O)O. The summed E-state index contributed by atoms with van der Waals surface area (Å²) in [6, 6.07) is -0.881. The molecule has 1 heterocycles. The van der Waals surface area contributed by atoms with Crippen LogP contribution in [0, 0.1) is 5.92 Å². The first-order valence-electron chi connectivity index (χ1n) is 6.57. The van der Waals surface area contributed by atoms with E-state index in [0.717, 1.165) is 25.7 Å². The summed E-state index contributed by atoms with van der Waals surface area (Å²) in [4.78, 5) is 11.3. The van der Waals surface area contributed by atoms with Crippen molar-refractivity contribution in [1.29, 1.82) is 0 Å². The Morgan fingerprint density at radius 2 is 1.89 bits per heavy atom. The Morgan fingerprint density at radius 1 is 1.28 bits per heavy atom. The van der Waals surface area contributed by atoms with Crippen molar-refractivity contribution in [1.82, 2.24) is 4.31 Å². The second-order valence-corrected chi connectivity index (χ2v) is 7.31. The third kappa shape index (κ3) is 4.24. The van der Waals surface area contributed by atoms with E-state index in [1.165, 1.54) is 4.31 Å². The Kier molecular flexibility index (Phi) is 5.59. The summed E-state index contributed by atoms with van der Waals surface area (Å²) in [5.41, 5.74) is 0. The summed E-state index contributed by atoms with van der Waals surface area (Å²) < 4.78 is 25.7. The topological polar surface area (TPSA) is 74.7 Å². The number of rotatable bonds is 4. The molecule has 5 nitrogen and oxygen atoms in total. The Labute approximate surface area is 109 Å². The van der Waals surface area contributed by atoms with Gasteiger partial charge in [0.15, 0.2) is 0 Å². The first-order valence-corrected chi connectivity index (χ1v) is 8.18. The molecular weight excluding hydrogens is 254 g/mol. The number of carboxylic acids is 1. The fraction of sp³-hybridized carbons (Fsp3) is 0.917. The normalized spacial score (nSPS) is 23.6. The van der Waals surface area contributed by atoms with Gasteiger partial charge in [0, 0.05) is 6.54 Å². The third-order valence-corrected chi connectivity index (χ3v) is 5.38. The average Bonchev–Trinajstić information content (AvgIpc) is 2.12. The van der Waals surface area contributed by atoms with Gasteiger partial charge < -0.3 is 5.11 Å². The van der Waals surface area contributed by atoms with Crippen molar-refractivity contribution in [2.45, 2.75) is 52.0 Å². The van der Waals surface area contributed by atoms with E-state index in [1.54, 1.807) is 0 Å². The molecule has 0 aliphatic carbocycles. The van der Waals surface area contributed by atoms with Gasteiger partial charge in [-0.3, -0.25) is 4.79 Å². The second-order valence-electron chi connectivity index (χ2n) is 5.34. The van der Waals surface area contributed by atoms with Crippen LogP contribution >= 0.6 is 0 Å². The van der Waals surface area contributed by atoms with Gasteiger partial charge in [0.2, 0.25) is 10.0 Å². The molecule has 1 atom stereocenters. The van der Waals surface area contributed by atoms with E-state index >= 15 is 0 Å². The van der Waals surface area contributed by atoms with Crippen LogP contribution in [0.3, 0.4) is 0 Å². The minimum atomic E-state index is -3.46. The van der Waals surface area contributed by atoms with Gasteiger partial charge in [-0.2, -0.15) is 4.31 Å².